The maximum Gasteiger partial charge on any atom is 0.166 e. The van der Waals surface area contributed by atoms with E-state index in [2.05, 4.69) is 34.8 Å². The fraction of sp³-hybridized carbons (Fsp3) is 0.273. The van der Waals surface area contributed by atoms with Crippen LogP contribution in [-0.2, 0) is 0 Å². The molecule has 0 aliphatic heterocycles. The minimum absolute atomic E-state index is 0.282. The van der Waals surface area contributed by atoms with E-state index in [-0.39, 0.29) is 5.92 Å². The van der Waals surface area contributed by atoms with Gasteiger partial charge in [0.15, 0.2) is 6.29 Å². The summed E-state index contributed by atoms with van der Waals surface area (Å²) in [6, 6.07) is 5.59. The highest BCUT2D eigenvalue weighted by Crippen LogP contribution is 2.24. The molecule has 0 saturated heterocycles. The van der Waals surface area contributed by atoms with Gasteiger partial charge in [0.1, 0.15) is 10.4 Å². The lowest BCUT2D eigenvalue weighted by Gasteiger charge is -2.05. The second kappa shape index (κ2) is 3.77. The molecule has 2 rings (SSSR count). The molecule has 2 heterocycles. The summed E-state index contributed by atoms with van der Waals surface area (Å²) in [5.41, 5.74) is 1.57. The predicted octanol–water partition coefficient (Wildman–Crippen LogP) is 3.03. The molecule has 2 aromatic rings. The van der Waals surface area contributed by atoms with Crippen LogP contribution in [0.4, 0.5) is 0 Å². The first-order valence-corrected chi connectivity index (χ1v) is 5.56. The smallest absolute Gasteiger partial charge is 0.166 e. The van der Waals surface area contributed by atoms with E-state index < -0.39 is 0 Å². The maximum atomic E-state index is 10.9. The number of rotatable bonds is 2. The maximum absolute atomic E-state index is 10.9. The van der Waals surface area contributed by atoms with Crippen LogP contribution in [0, 0.1) is 0 Å². The van der Waals surface area contributed by atoms with Crippen molar-refractivity contribution in [3.05, 3.63) is 34.3 Å². The number of carbonyl (C=O) groups is 1. The average molecular weight is 267 g/mol. The Balaban J connectivity index is 2.88. The summed E-state index contributed by atoms with van der Waals surface area (Å²) in [6.07, 6.45) is 0.854. The molecule has 15 heavy (non-hydrogen) atoms. The summed E-state index contributed by atoms with van der Waals surface area (Å²) in [4.78, 5) is 15.4. The minimum Gasteiger partial charge on any atom is -0.296 e. The highest BCUT2D eigenvalue weighted by molar-refractivity contribution is 9.10. The van der Waals surface area contributed by atoms with E-state index in [4.69, 9.17) is 0 Å². The van der Waals surface area contributed by atoms with E-state index in [0.29, 0.717) is 5.69 Å². The van der Waals surface area contributed by atoms with E-state index in [0.717, 1.165) is 22.2 Å². The van der Waals surface area contributed by atoms with Crippen LogP contribution in [0.15, 0.2) is 22.8 Å². The molecular formula is C11H11BrN2O. The number of carbonyl (C=O) groups excluding carboxylic acids is 1. The van der Waals surface area contributed by atoms with Crippen LogP contribution in [0.25, 0.3) is 5.52 Å². The van der Waals surface area contributed by atoms with Crippen molar-refractivity contribution in [1.29, 1.82) is 0 Å². The van der Waals surface area contributed by atoms with Crippen molar-refractivity contribution in [2.24, 2.45) is 0 Å². The Kier molecular flexibility index (Phi) is 2.61. The number of hydrogen-bond acceptors (Lipinski definition) is 2. The Morgan fingerprint density at radius 1 is 1.47 bits per heavy atom. The van der Waals surface area contributed by atoms with Gasteiger partial charge in [0, 0.05) is 5.92 Å². The molecule has 0 aromatic carbocycles. The van der Waals surface area contributed by atoms with Crippen LogP contribution in [0.5, 0.6) is 0 Å². The highest BCUT2D eigenvalue weighted by Gasteiger charge is 2.13. The first-order valence-electron chi connectivity index (χ1n) is 4.77. The van der Waals surface area contributed by atoms with Crippen molar-refractivity contribution in [2.45, 2.75) is 19.8 Å². The molecule has 0 atom stereocenters. The molecule has 78 valence electrons. The Bertz CT molecular complexity index is 517. The zero-order valence-corrected chi connectivity index (χ0v) is 10.2. The van der Waals surface area contributed by atoms with Crippen LogP contribution in [-0.4, -0.2) is 15.7 Å². The second-order valence-corrected chi connectivity index (χ2v) is 4.46. The van der Waals surface area contributed by atoms with Gasteiger partial charge in [-0.3, -0.25) is 9.20 Å². The summed E-state index contributed by atoms with van der Waals surface area (Å²) < 4.78 is 2.68. The van der Waals surface area contributed by atoms with Crippen LogP contribution in [0.2, 0.25) is 0 Å². The third-order valence-electron chi connectivity index (χ3n) is 2.31. The van der Waals surface area contributed by atoms with Gasteiger partial charge in [0.2, 0.25) is 0 Å². The minimum atomic E-state index is 0.282. The van der Waals surface area contributed by atoms with Crippen LogP contribution in [0.3, 0.4) is 0 Å². The lowest BCUT2D eigenvalue weighted by atomic mass is 10.2. The molecule has 0 amide bonds. The molecule has 0 radical (unpaired) electrons. The number of aromatic nitrogens is 2. The van der Waals surface area contributed by atoms with Gasteiger partial charge in [0.05, 0.1) is 11.2 Å². The molecule has 0 fully saturated rings. The fourth-order valence-corrected chi connectivity index (χ4v) is 2.12. The molecule has 0 saturated carbocycles. The molecule has 0 aliphatic carbocycles. The van der Waals surface area contributed by atoms with Crippen molar-refractivity contribution < 1.29 is 4.79 Å². The quantitative estimate of drug-likeness (QED) is 0.784. The fourth-order valence-electron chi connectivity index (χ4n) is 1.63. The predicted molar refractivity (Wildman–Crippen MR) is 62.4 cm³/mol. The number of aldehydes is 1. The van der Waals surface area contributed by atoms with Crippen molar-refractivity contribution >= 4 is 27.7 Å². The monoisotopic (exact) mass is 266 g/mol. The van der Waals surface area contributed by atoms with Gasteiger partial charge < -0.3 is 0 Å². The third kappa shape index (κ3) is 1.59. The molecule has 0 N–H and O–H groups in total. The van der Waals surface area contributed by atoms with Crippen molar-refractivity contribution in [1.82, 2.24) is 9.38 Å². The van der Waals surface area contributed by atoms with Gasteiger partial charge >= 0.3 is 0 Å². The average Bonchev–Trinajstić information content (AvgIpc) is 2.56. The molecule has 0 unspecified atom stereocenters. The Morgan fingerprint density at radius 3 is 2.80 bits per heavy atom. The lowest BCUT2D eigenvalue weighted by molar-refractivity contribution is 0.111. The number of hydrogen-bond donors (Lipinski definition) is 0. The highest BCUT2D eigenvalue weighted by atomic mass is 79.9. The molecule has 0 aliphatic rings. The van der Waals surface area contributed by atoms with Gasteiger partial charge in [-0.05, 0) is 28.1 Å². The molecule has 3 nitrogen and oxygen atoms in total. The summed E-state index contributed by atoms with van der Waals surface area (Å²) in [6.45, 7) is 4.12. The van der Waals surface area contributed by atoms with Gasteiger partial charge in [-0.25, -0.2) is 4.98 Å². The summed E-state index contributed by atoms with van der Waals surface area (Å²) in [7, 11) is 0. The van der Waals surface area contributed by atoms with Gasteiger partial charge in [-0.15, -0.1) is 0 Å². The lowest BCUT2D eigenvalue weighted by Crippen LogP contribution is -2.01. The Morgan fingerprint density at radius 2 is 2.20 bits per heavy atom. The molecular weight excluding hydrogens is 256 g/mol. The standard InChI is InChI=1S/C11H11BrN2O/c1-7(2)11-13-10(12)9-5-3-4-8(6-15)14(9)11/h3-7H,1-2H3. The first-order chi connectivity index (χ1) is 7.15. The van der Waals surface area contributed by atoms with Gasteiger partial charge in [-0.1, -0.05) is 19.9 Å². The van der Waals surface area contributed by atoms with E-state index in [1.807, 2.05) is 16.5 Å². The molecule has 0 bridgehead atoms. The van der Waals surface area contributed by atoms with Crippen molar-refractivity contribution in [3.8, 4) is 0 Å². The Labute approximate surface area is 96.3 Å². The number of fused-ring (bicyclic) bond motifs is 1. The summed E-state index contributed by atoms with van der Waals surface area (Å²) >= 11 is 3.40. The zero-order chi connectivity index (χ0) is 11.0. The van der Waals surface area contributed by atoms with Gasteiger partial charge in [-0.2, -0.15) is 0 Å². The summed E-state index contributed by atoms with van der Waals surface area (Å²) in [5, 5.41) is 0. The number of imidazole rings is 1. The van der Waals surface area contributed by atoms with Crippen molar-refractivity contribution in [2.75, 3.05) is 0 Å². The van der Waals surface area contributed by atoms with E-state index >= 15 is 0 Å². The van der Waals surface area contributed by atoms with E-state index in [1.54, 1.807) is 6.07 Å². The second-order valence-electron chi connectivity index (χ2n) is 3.70. The van der Waals surface area contributed by atoms with Crippen LogP contribution in [0.1, 0.15) is 36.1 Å². The van der Waals surface area contributed by atoms with Gasteiger partial charge in [0.25, 0.3) is 0 Å². The van der Waals surface area contributed by atoms with E-state index in [1.165, 1.54) is 0 Å². The van der Waals surface area contributed by atoms with Crippen molar-refractivity contribution in [3.63, 3.8) is 0 Å². The zero-order valence-electron chi connectivity index (χ0n) is 8.57. The number of nitrogens with zero attached hydrogens (tertiary/aromatic N) is 2. The molecule has 2 aromatic heterocycles. The number of pyridine rings is 1. The Hall–Kier alpha value is -1.16. The first kappa shape index (κ1) is 10.4. The largest absolute Gasteiger partial charge is 0.296 e. The summed E-state index contributed by atoms with van der Waals surface area (Å²) in [5.74, 6) is 1.18. The van der Waals surface area contributed by atoms with Crippen LogP contribution >= 0.6 is 15.9 Å². The van der Waals surface area contributed by atoms with Crippen LogP contribution < -0.4 is 0 Å². The topological polar surface area (TPSA) is 34.4 Å². The number of halogens is 1. The third-order valence-corrected chi connectivity index (χ3v) is 2.89. The molecule has 0 spiro atoms. The molecule has 4 heteroatoms. The normalized spacial score (nSPS) is 11.2. The van der Waals surface area contributed by atoms with E-state index in [9.17, 15) is 4.79 Å². The SMILES string of the molecule is CC(C)c1nc(Br)c2cccc(C=O)n12.